The van der Waals surface area contributed by atoms with E-state index < -0.39 is 5.97 Å². The van der Waals surface area contributed by atoms with Crippen molar-refractivity contribution < 1.29 is 14.3 Å². The summed E-state index contributed by atoms with van der Waals surface area (Å²) < 4.78 is 6.70. The average molecular weight is 264 g/mol. The first-order valence-corrected chi connectivity index (χ1v) is 6.17. The summed E-state index contributed by atoms with van der Waals surface area (Å²) in [4.78, 5) is 24.0. The fourth-order valence-corrected chi connectivity index (χ4v) is 2.05. The summed E-state index contributed by atoms with van der Waals surface area (Å²) in [6, 6.07) is 0. The van der Waals surface area contributed by atoms with E-state index in [9.17, 15) is 9.59 Å². The average Bonchev–Trinajstić information content (AvgIpc) is 2.58. The molecule has 104 valence electrons. The van der Waals surface area contributed by atoms with Crippen molar-refractivity contribution in [2.75, 3.05) is 13.2 Å². The molecule has 1 amide bonds. The van der Waals surface area contributed by atoms with Gasteiger partial charge in [-0.1, -0.05) is 6.08 Å². The molecular formula is C14H20N2O3. The van der Waals surface area contributed by atoms with E-state index in [0.717, 1.165) is 5.69 Å². The van der Waals surface area contributed by atoms with Crippen molar-refractivity contribution in [2.45, 2.75) is 20.8 Å². The van der Waals surface area contributed by atoms with Gasteiger partial charge in [0.05, 0.1) is 12.2 Å². The summed E-state index contributed by atoms with van der Waals surface area (Å²) >= 11 is 0. The van der Waals surface area contributed by atoms with Crippen molar-refractivity contribution in [2.24, 2.45) is 7.05 Å². The van der Waals surface area contributed by atoms with Crippen LogP contribution in [0.5, 0.6) is 0 Å². The van der Waals surface area contributed by atoms with E-state index in [1.54, 1.807) is 38.5 Å². The van der Waals surface area contributed by atoms with Gasteiger partial charge in [-0.2, -0.15) is 0 Å². The fraction of sp³-hybridized carbons (Fsp3) is 0.429. The molecule has 0 atom stereocenters. The van der Waals surface area contributed by atoms with Gasteiger partial charge < -0.3 is 14.6 Å². The van der Waals surface area contributed by atoms with Crippen LogP contribution in [0.2, 0.25) is 0 Å². The molecule has 1 N–H and O–H groups in total. The fourth-order valence-electron chi connectivity index (χ4n) is 2.05. The highest BCUT2D eigenvalue weighted by Crippen LogP contribution is 2.21. The molecule has 0 radical (unpaired) electrons. The second-order valence-corrected chi connectivity index (χ2v) is 4.21. The maximum absolute atomic E-state index is 12.1. The number of carbonyl (C=O) groups is 2. The Morgan fingerprint density at radius 1 is 1.42 bits per heavy atom. The first kappa shape index (κ1) is 15.0. The Kier molecular flexibility index (Phi) is 4.92. The van der Waals surface area contributed by atoms with Crippen molar-refractivity contribution in [1.82, 2.24) is 9.88 Å². The van der Waals surface area contributed by atoms with E-state index in [2.05, 4.69) is 11.9 Å². The van der Waals surface area contributed by atoms with E-state index in [-0.39, 0.29) is 5.91 Å². The number of hydrogen-bond donors (Lipinski definition) is 1. The van der Waals surface area contributed by atoms with Gasteiger partial charge in [-0.05, 0) is 26.3 Å². The van der Waals surface area contributed by atoms with Gasteiger partial charge in [0.15, 0.2) is 0 Å². The van der Waals surface area contributed by atoms with Crippen LogP contribution in [0.4, 0.5) is 0 Å². The number of aromatic nitrogens is 1. The molecule has 0 fully saturated rings. The first-order chi connectivity index (χ1) is 8.95. The SMILES string of the molecule is C=CCNC(=O)c1c(C)c(C(=O)OCC)n(C)c1C. The summed E-state index contributed by atoms with van der Waals surface area (Å²) in [6.45, 7) is 9.56. The monoisotopic (exact) mass is 264 g/mol. The molecule has 5 nitrogen and oxygen atoms in total. The Morgan fingerprint density at radius 3 is 2.58 bits per heavy atom. The number of rotatable bonds is 5. The third-order valence-electron chi connectivity index (χ3n) is 3.03. The number of hydrogen-bond acceptors (Lipinski definition) is 3. The molecule has 0 saturated carbocycles. The molecule has 1 rings (SSSR count). The zero-order valence-electron chi connectivity index (χ0n) is 11.9. The highest BCUT2D eigenvalue weighted by atomic mass is 16.5. The Bertz CT molecular complexity index is 515. The van der Waals surface area contributed by atoms with Gasteiger partial charge in [0.25, 0.3) is 5.91 Å². The van der Waals surface area contributed by atoms with Gasteiger partial charge in [0, 0.05) is 19.3 Å². The van der Waals surface area contributed by atoms with Crippen molar-refractivity contribution in [3.63, 3.8) is 0 Å². The minimum absolute atomic E-state index is 0.207. The molecule has 1 heterocycles. The molecule has 0 unspecified atom stereocenters. The zero-order chi connectivity index (χ0) is 14.6. The molecule has 0 saturated heterocycles. The summed E-state index contributed by atoms with van der Waals surface area (Å²) in [7, 11) is 1.75. The molecule has 19 heavy (non-hydrogen) atoms. The minimum atomic E-state index is -0.409. The third kappa shape index (κ3) is 2.86. The molecular weight excluding hydrogens is 244 g/mol. The van der Waals surface area contributed by atoms with E-state index in [0.29, 0.717) is 30.0 Å². The molecule has 0 aliphatic heterocycles. The van der Waals surface area contributed by atoms with Gasteiger partial charge in [-0.3, -0.25) is 4.79 Å². The van der Waals surface area contributed by atoms with E-state index in [1.807, 2.05) is 0 Å². The number of carbonyl (C=O) groups excluding carboxylic acids is 2. The Balaban J connectivity index is 3.21. The quantitative estimate of drug-likeness (QED) is 0.651. The lowest BCUT2D eigenvalue weighted by Gasteiger charge is -2.05. The standard InChI is InChI=1S/C14H20N2O3/c1-6-8-15-13(17)11-9(3)12(14(18)19-7-2)16(5)10(11)4/h6H,1,7-8H2,2-5H3,(H,15,17). The van der Waals surface area contributed by atoms with E-state index in [4.69, 9.17) is 4.74 Å². The largest absolute Gasteiger partial charge is 0.461 e. The van der Waals surface area contributed by atoms with E-state index >= 15 is 0 Å². The lowest BCUT2D eigenvalue weighted by atomic mass is 10.1. The van der Waals surface area contributed by atoms with Crippen molar-refractivity contribution in [1.29, 1.82) is 0 Å². The van der Waals surface area contributed by atoms with Crippen LogP contribution in [0.15, 0.2) is 12.7 Å². The van der Waals surface area contributed by atoms with Gasteiger partial charge in [-0.25, -0.2) is 4.79 Å². The van der Waals surface area contributed by atoms with Crippen LogP contribution in [0.1, 0.15) is 39.0 Å². The van der Waals surface area contributed by atoms with E-state index in [1.165, 1.54) is 0 Å². The first-order valence-electron chi connectivity index (χ1n) is 6.17. The predicted octanol–water partition coefficient (Wildman–Crippen LogP) is 1.73. The molecule has 0 spiro atoms. The second-order valence-electron chi connectivity index (χ2n) is 4.21. The number of esters is 1. The normalized spacial score (nSPS) is 10.1. The minimum Gasteiger partial charge on any atom is -0.461 e. The summed E-state index contributed by atoms with van der Waals surface area (Å²) in [6.07, 6.45) is 1.61. The molecule has 1 aromatic rings. The van der Waals surface area contributed by atoms with Crippen LogP contribution in [-0.4, -0.2) is 29.6 Å². The lowest BCUT2D eigenvalue weighted by Crippen LogP contribution is -2.24. The topological polar surface area (TPSA) is 60.3 Å². The predicted molar refractivity (Wildman–Crippen MR) is 73.4 cm³/mol. The van der Waals surface area contributed by atoms with Gasteiger partial charge in [0.1, 0.15) is 5.69 Å². The van der Waals surface area contributed by atoms with Crippen molar-refractivity contribution in [3.05, 3.63) is 35.2 Å². The van der Waals surface area contributed by atoms with Crippen molar-refractivity contribution in [3.8, 4) is 0 Å². The molecule has 0 aliphatic rings. The van der Waals surface area contributed by atoms with Crippen LogP contribution in [0.3, 0.4) is 0 Å². The molecule has 0 bridgehead atoms. The Morgan fingerprint density at radius 2 is 2.05 bits per heavy atom. The highest BCUT2D eigenvalue weighted by molar-refractivity contribution is 6.01. The smallest absolute Gasteiger partial charge is 0.355 e. The maximum Gasteiger partial charge on any atom is 0.355 e. The van der Waals surface area contributed by atoms with Gasteiger partial charge in [-0.15, -0.1) is 6.58 Å². The van der Waals surface area contributed by atoms with Crippen LogP contribution in [0.25, 0.3) is 0 Å². The Hall–Kier alpha value is -2.04. The van der Waals surface area contributed by atoms with Crippen LogP contribution in [-0.2, 0) is 11.8 Å². The number of ether oxygens (including phenoxy) is 1. The van der Waals surface area contributed by atoms with Crippen LogP contribution < -0.4 is 5.32 Å². The molecule has 1 aromatic heterocycles. The highest BCUT2D eigenvalue weighted by Gasteiger charge is 2.25. The maximum atomic E-state index is 12.1. The molecule has 0 aromatic carbocycles. The van der Waals surface area contributed by atoms with Crippen molar-refractivity contribution >= 4 is 11.9 Å². The van der Waals surface area contributed by atoms with Gasteiger partial charge >= 0.3 is 5.97 Å². The number of amides is 1. The van der Waals surface area contributed by atoms with Gasteiger partial charge in [0.2, 0.25) is 0 Å². The molecule has 0 aliphatic carbocycles. The third-order valence-corrected chi connectivity index (χ3v) is 3.03. The number of nitrogens with zero attached hydrogens (tertiary/aromatic N) is 1. The summed E-state index contributed by atoms with van der Waals surface area (Å²) in [5.41, 5.74) is 2.32. The summed E-state index contributed by atoms with van der Waals surface area (Å²) in [5, 5.41) is 2.72. The summed E-state index contributed by atoms with van der Waals surface area (Å²) in [5.74, 6) is -0.616. The second kappa shape index (κ2) is 6.22. The molecule has 5 heteroatoms. The zero-order valence-corrected chi connectivity index (χ0v) is 11.9. The van der Waals surface area contributed by atoms with Crippen LogP contribution in [0, 0.1) is 13.8 Å². The Labute approximate surface area is 113 Å². The number of nitrogens with one attached hydrogen (secondary N) is 1. The lowest BCUT2D eigenvalue weighted by molar-refractivity contribution is 0.0514. The van der Waals surface area contributed by atoms with Crippen LogP contribution >= 0.6 is 0 Å².